The Balaban J connectivity index is 1.78. The maximum absolute atomic E-state index is 11.8. The third-order valence-corrected chi connectivity index (χ3v) is 3.66. The average Bonchev–Trinajstić information content (AvgIpc) is 2.94. The van der Waals surface area contributed by atoms with Gasteiger partial charge < -0.3 is 15.8 Å². The zero-order chi connectivity index (χ0) is 12.3. The van der Waals surface area contributed by atoms with Crippen molar-refractivity contribution in [1.29, 1.82) is 0 Å². The van der Waals surface area contributed by atoms with Crippen LogP contribution in [0.1, 0.15) is 22.7 Å². The first-order chi connectivity index (χ1) is 8.19. The molecule has 0 aliphatic carbocycles. The Kier molecular flexibility index (Phi) is 4.09. The molecule has 3 N–H and O–H groups in total. The number of carbonyl (C=O) groups excluding carboxylic acids is 1. The maximum atomic E-state index is 11.8. The second-order valence-electron chi connectivity index (χ2n) is 4.14. The highest BCUT2D eigenvalue weighted by atomic mass is 32.1. The van der Waals surface area contributed by atoms with Gasteiger partial charge in [0, 0.05) is 17.6 Å². The molecule has 6 heteroatoms. The van der Waals surface area contributed by atoms with E-state index in [2.05, 4.69) is 10.3 Å². The molecular formula is C11H17N3O2S. The molecule has 1 amide bonds. The monoisotopic (exact) mass is 255 g/mol. The highest BCUT2D eigenvalue weighted by Gasteiger charge is 2.29. The quantitative estimate of drug-likeness (QED) is 0.825. The molecule has 0 bridgehead atoms. The molecule has 2 unspecified atom stereocenters. The van der Waals surface area contributed by atoms with Gasteiger partial charge in [0.15, 0.2) is 0 Å². The van der Waals surface area contributed by atoms with Crippen molar-refractivity contribution in [3.63, 3.8) is 0 Å². The molecular weight excluding hydrogens is 238 g/mol. The molecule has 1 saturated heterocycles. The fraction of sp³-hybridized carbons (Fsp3) is 0.636. The second kappa shape index (κ2) is 5.57. The Hall–Kier alpha value is -0.980. The van der Waals surface area contributed by atoms with E-state index in [-0.39, 0.29) is 18.1 Å². The summed E-state index contributed by atoms with van der Waals surface area (Å²) in [6.45, 7) is 2.95. The molecule has 2 rings (SSSR count). The fourth-order valence-corrected chi connectivity index (χ4v) is 2.56. The van der Waals surface area contributed by atoms with Gasteiger partial charge in [-0.2, -0.15) is 0 Å². The van der Waals surface area contributed by atoms with E-state index in [4.69, 9.17) is 10.5 Å². The molecule has 94 valence electrons. The summed E-state index contributed by atoms with van der Waals surface area (Å²) in [6.07, 6.45) is 3.12. The zero-order valence-corrected chi connectivity index (χ0v) is 10.6. The topological polar surface area (TPSA) is 77.2 Å². The lowest BCUT2D eigenvalue weighted by atomic mass is 10.2. The highest BCUT2D eigenvalue weighted by Crippen LogP contribution is 2.19. The van der Waals surface area contributed by atoms with Gasteiger partial charge in [-0.1, -0.05) is 0 Å². The first kappa shape index (κ1) is 12.5. The van der Waals surface area contributed by atoms with E-state index in [0.29, 0.717) is 13.1 Å². The van der Waals surface area contributed by atoms with Crippen molar-refractivity contribution in [2.24, 2.45) is 5.73 Å². The number of nitrogens with zero attached hydrogens (tertiary/aromatic N) is 1. The molecule has 2 heterocycles. The number of aromatic nitrogens is 1. The number of amides is 1. The molecule has 1 aliphatic heterocycles. The Bertz CT molecular complexity index is 394. The van der Waals surface area contributed by atoms with E-state index >= 15 is 0 Å². The van der Waals surface area contributed by atoms with Crippen LogP contribution in [0, 0.1) is 6.92 Å². The van der Waals surface area contributed by atoms with Crippen molar-refractivity contribution in [3.05, 3.63) is 16.1 Å². The lowest BCUT2D eigenvalue weighted by Crippen LogP contribution is -2.35. The van der Waals surface area contributed by atoms with Crippen molar-refractivity contribution >= 4 is 17.2 Å². The normalized spacial score (nSPS) is 23.9. The molecule has 17 heavy (non-hydrogen) atoms. The summed E-state index contributed by atoms with van der Waals surface area (Å²) in [6, 6.07) is 0. The molecule has 1 aromatic rings. The van der Waals surface area contributed by atoms with Crippen molar-refractivity contribution in [2.75, 3.05) is 6.54 Å². The van der Waals surface area contributed by atoms with Crippen LogP contribution >= 0.6 is 11.3 Å². The molecule has 0 spiro atoms. The minimum absolute atomic E-state index is 0.0351. The van der Waals surface area contributed by atoms with Gasteiger partial charge in [-0.15, -0.1) is 11.3 Å². The lowest BCUT2D eigenvalue weighted by molar-refractivity contribution is -0.132. The number of ether oxygens (including phenoxy) is 1. The smallest absolute Gasteiger partial charge is 0.249 e. The number of hydrogen-bond acceptors (Lipinski definition) is 5. The van der Waals surface area contributed by atoms with Crippen molar-refractivity contribution in [2.45, 2.75) is 38.5 Å². The van der Waals surface area contributed by atoms with Crippen molar-refractivity contribution in [3.8, 4) is 0 Å². The van der Waals surface area contributed by atoms with E-state index in [0.717, 1.165) is 22.7 Å². The van der Waals surface area contributed by atoms with Gasteiger partial charge in [-0.25, -0.2) is 4.98 Å². The minimum Gasteiger partial charge on any atom is -0.364 e. The summed E-state index contributed by atoms with van der Waals surface area (Å²) < 4.78 is 5.51. The number of rotatable bonds is 4. The molecule has 0 saturated carbocycles. The van der Waals surface area contributed by atoms with Gasteiger partial charge in [0.2, 0.25) is 5.91 Å². The van der Waals surface area contributed by atoms with Gasteiger partial charge in [-0.3, -0.25) is 4.79 Å². The van der Waals surface area contributed by atoms with Crippen LogP contribution in [-0.2, 0) is 16.1 Å². The number of nitrogens with one attached hydrogen (secondary N) is 1. The minimum atomic E-state index is -0.343. The van der Waals surface area contributed by atoms with Gasteiger partial charge in [0.05, 0.1) is 12.6 Å². The van der Waals surface area contributed by atoms with E-state index in [9.17, 15) is 4.79 Å². The first-order valence-corrected chi connectivity index (χ1v) is 6.55. The third-order valence-electron chi connectivity index (χ3n) is 2.75. The number of nitrogens with two attached hydrogens (primary N) is 1. The largest absolute Gasteiger partial charge is 0.364 e. The summed E-state index contributed by atoms with van der Waals surface area (Å²) in [7, 11) is 0. The Morgan fingerprint density at radius 2 is 2.53 bits per heavy atom. The summed E-state index contributed by atoms with van der Waals surface area (Å²) in [5.74, 6) is -0.0613. The van der Waals surface area contributed by atoms with Crippen LogP contribution in [-0.4, -0.2) is 29.6 Å². The maximum Gasteiger partial charge on any atom is 0.249 e. The molecule has 0 aromatic carbocycles. The Morgan fingerprint density at radius 3 is 3.12 bits per heavy atom. The predicted molar refractivity (Wildman–Crippen MR) is 65.6 cm³/mol. The number of thiazole rings is 1. The summed E-state index contributed by atoms with van der Waals surface area (Å²) in [4.78, 5) is 17.1. The summed E-state index contributed by atoms with van der Waals surface area (Å²) in [5.41, 5.74) is 5.50. The van der Waals surface area contributed by atoms with E-state index < -0.39 is 0 Å². The van der Waals surface area contributed by atoms with E-state index in [1.165, 1.54) is 0 Å². The first-order valence-electron chi connectivity index (χ1n) is 5.73. The predicted octanol–water partition coefficient (Wildman–Crippen LogP) is 0.574. The standard InChI is InChI=1S/C11H17N3O2S/c1-7-5-13-10(17-7)6-14-11(15)9-3-2-8(4-12)16-9/h5,8-9H,2-4,6,12H2,1H3,(H,14,15). The zero-order valence-electron chi connectivity index (χ0n) is 9.81. The average molecular weight is 255 g/mol. The molecule has 2 atom stereocenters. The second-order valence-corrected chi connectivity index (χ2v) is 5.46. The molecule has 5 nitrogen and oxygen atoms in total. The van der Waals surface area contributed by atoms with E-state index in [1.54, 1.807) is 11.3 Å². The molecule has 1 fully saturated rings. The Morgan fingerprint density at radius 1 is 1.71 bits per heavy atom. The van der Waals surface area contributed by atoms with Crippen LogP contribution in [0.25, 0.3) is 0 Å². The van der Waals surface area contributed by atoms with Crippen LogP contribution in [0.3, 0.4) is 0 Å². The van der Waals surface area contributed by atoms with Gasteiger partial charge >= 0.3 is 0 Å². The van der Waals surface area contributed by atoms with Crippen molar-refractivity contribution < 1.29 is 9.53 Å². The van der Waals surface area contributed by atoms with Gasteiger partial charge in [0.1, 0.15) is 11.1 Å². The number of aryl methyl sites for hydroxylation is 1. The number of hydrogen-bond donors (Lipinski definition) is 2. The molecule has 1 aliphatic rings. The number of carbonyl (C=O) groups is 1. The summed E-state index contributed by atoms with van der Waals surface area (Å²) >= 11 is 1.59. The lowest BCUT2D eigenvalue weighted by Gasteiger charge is -2.11. The van der Waals surface area contributed by atoms with Gasteiger partial charge in [0.25, 0.3) is 0 Å². The van der Waals surface area contributed by atoms with Crippen LogP contribution in [0.4, 0.5) is 0 Å². The van der Waals surface area contributed by atoms with Crippen LogP contribution in [0.5, 0.6) is 0 Å². The van der Waals surface area contributed by atoms with Crippen molar-refractivity contribution in [1.82, 2.24) is 10.3 Å². The van der Waals surface area contributed by atoms with Crippen LogP contribution in [0.2, 0.25) is 0 Å². The SMILES string of the molecule is Cc1cnc(CNC(=O)C2CCC(CN)O2)s1. The molecule has 0 radical (unpaired) electrons. The Labute approximate surface area is 104 Å². The highest BCUT2D eigenvalue weighted by molar-refractivity contribution is 7.11. The van der Waals surface area contributed by atoms with E-state index in [1.807, 2.05) is 13.1 Å². The van der Waals surface area contributed by atoms with Crippen LogP contribution in [0.15, 0.2) is 6.20 Å². The third kappa shape index (κ3) is 3.24. The van der Waals surface area contributed by atoms with Crippen LogP contribution < -0.4 is 11.1 Å². The van der Waals surface area contributed by atoms with Gasteiger partial charge in [-0.05, 0) is 19.8 Å². The fourth-order valence-electron chi connectivity index (χ4n) is 1.83. The summed E-state index contributed by atoms with van der Waals surface area (Å²) in [5, 5.41) is 3.76. The molecule has 1 aromatic heterocycles.